The quantitative estimate of drug-likeness (QED) is 0.382. The molecule has 0 aliphatic heterocycles. The van der Waals surface area contributed by atoms with Gasteiger partial charge in [0.15, 0.2) is 5.78 Å². The Kier molecular flexibility index (Phi) is 5.74. The number of aromatic nitrogens is 2. The molecule has 158 valence electrons. The van der Waals surface area contributed by atoms with E-state index in [-0.39, 0.29) is 24.0 Å². The average Bonchev–Trinajstić information content (AvgIpc) is 3.15. The monoisotopic (exact) mass is 432 g/mol. The van der Waals surface area contributed by atoms with E-state index in [0.29, 0.717) is 21.5 Å². The molecule has 0 radical (unpaired) electrons. The Morgan fingerprint density at radius 3 is 2.52 bits per heavy atom. The van der Waals surface area contributed by atoms with E-state index in [2.05, 4.69) is 11.1 Å². The summed E-state index contributed by atoms with van der Waals surface area (Å²) >= 11 is 1.44. The summed E-state index contributed by atoms with van der Waals surface area (Å²) in [6, 6.07) is 13.2. The maximum atomic E-state index is 13.3. The van der Waals surface area contributed by atoms with E-state index >= 15 is 0 Å². The first-order valence-corrected chi connectivity index (χ1v) is 11.1. The Bertz CT molecular complexity index is 1320. The fourth-order valence-electron chi connectivity index (χ4n) is 3.63. The lowest BCUT2D eigenvalue weighted by Gasteiger charge is -2.10. The van der Waals surface area contributed by atoms with Crippen LogP contribution in [-0.2, 0) is 6.54 Å². The third-order valence-corrected chi connectivity index (χ3v) is 5.98. The molecule has 0 unspecified atom stereocenters. The van der Waals surface area contributed by atoms with Gasteiger partial charge >= 0.3 is 0 Å². The first-order chi connectivity index (χ1) is 14.8. The summed E-state index contributed by atoms with van der Waals surface area (Å²) in [6.45, 7) is 7.92. The van der Waals surface area contributed by atoms with E-state index in [1.807, 2.05) is 45.2 Å². The van der Waals surface area contributed by atoms with E-state index in [0.717, 1.165) is 16.7 Å². The van der Waals surface area contributed by atoms with E-state index in [1.54, 1.807) is 24.3 Å². The molecule has 31 heavy (non-hydrogen) atoms. The number of carbonyl (C=O) groups is 1. The third kappa shape index (κ3) is 4.30. The fraction of sp³-hybridized carbons (Fsp3) is 0.240. The van der Waals surface area contributed by atoms with E-state index in [4.69, 9.17) is 4.74 Å². The Labute approximate surface area is 185 Å². The number of aryl methyl sites for hydroxylation is 2. The number of ketones is 1. The minimum Gasteiger partial charge on any atom is -0.491 e. The molecule has 0 amide bonds. The van der Waals surface area contributed by atoms with Crippen LogP contribution in [0, 0.1) is 13.8 Å². The number of hydrogen-bond acceptors (Lipinski definition) is 5. The van der Waals surface area contributed by atoms with Crippen LogP contribution in [0.15, 0.2) is 59.0 Å². The molecule has 2 aromatic heterocycles. The Hall–Kier alpha value is -3.25. The zero-order chi connectivity index (χ0) is 22.1. The first-order valence-electron chi connectivity index (χ1n) is 10.2. The Balaban J connectivity index is 1.67. The molecule has 0 saturated carbocycles. The predicted molar refractivity (Wildman–Crippen MR) is 125 cm³/mol. The number of thiophene rings is 1. The molecule has 6 heteroatoms. The second kappa shape index (κ2) is 8.47. The number of hydrogen-bond donors (Lipinski definition) is 0. The first kappa shape index (κ1) is 21.0. The van der Waals surface area contributed by atoms with Gasteiger partial charge in [0, 0.05) is 16.5 Å². The average molecular weight is 433 g/mol. The summed E-state index contributed by atoms with van der Waals surface area (Å²) in [5.74, 6) is 0.561. The molecular formula is C25H24N2O3S. The maximum Gasteiger partial charge on any atom is 0.263 e. The highest BCUT2D eigenvalue weighted by molar-refractivity contribution is 7.17. The van der Waals surface area contributed by atoms with E-state index in [9.17, 15) is 9.59 Å². The molecule has 5 nitrogen and oxygen atoms in total. The molecule has 0 N–H and O–H groups in total. The smallest absolute Gasteiger partial charge is 0.263 e. The van der Waals surface area contributed by atoms with Gasteiger partial charge in [-0.2, -0.15) is 0 Å². The van der Waals surface area contributed by atoms with E-state index in [1.165, 1.54) is 27.8 Å². The Morgan fingerprint density at radius 2 is 1.84 bits per heavy atom. The molecule has 0 aliphatic carbocycles. The Morgan fingerprint density at radius 1 is 1.10 bits per heavy atom. The summed E-state index contributed by atoms with van der Waals surface area (Å²) in [5.41, 5.74) is 4.49. The SMILES string of the molecule is Cc1ccc(-c2csc3ncn(CC(=O)c4ccc(OC(C)C)cc4)c(=O)c23)c(C)c1. The van der Waals surface area contributed by atoms with Gasteiger partial charge in [-0.1, -0.05) is 23.8 Å². The topological polar surface area (TPSA) is 61.2 Å². The van der Waals surface area contributed by atoms with Crippen LogP contribution < -0.4 is 10.3 Å². The summed E-state index contributed by atoms with van der Waals surface area (Å²) in [4.78, 5) is 31.2. The second-order valence-corrected chi connectivity index (χ2v) is 8.80. The number of Topliss-reactive ketones (excluding diaryl/α,β-unsaturated/α-hetero) is 1. The van der Waals surface area contributed by atoms with Crippen molar-refractivity contribution in [3.8, 4) is 16.9 Å². The van der Waals surface area contributed by atoms with Gasteiger partial charge in [0.25, 0.3) is 5.56 Å². The van der Waals surface area contributed by atoms with Gasteiger partial charge in [-0.15, -0.1) is 11.3 Å². The van der Waals surface area contributed by atoms with Gasteiger partial charge in [0.2, 0.25) is 0 Å². The second-order valence-electron chi connectivity index (χ2n) is 7.94. The maximum absolute atomic E-state index is 13.3. The lowest BCUT2D eigenvalue weighted by Crippen LogP contribution is -2.24. The number of rotatable bonds is 6. The summed E-state index contributed by atoms with van der Waals surface area (Å²) in [5, 5.41) is 2.53. The van der Waals surface area contributed by atoms with Gasteiger partial charge in [-0.25, -0.2) is 4.98 Å². The highest BCUT2D eigenvalue weighted by atomic mass is 32.1. The molecule has 0 saturated heterocycles. The van der Waals surface area contributed by atoms with Gasteiger partial charge in [0.1, 0.15) is 10.6 Å². The molecule has 0 bridgehead atoms. The summed E-state index contributed by atoms with van der Waals surface area (Å²) in [7, 11) is 0. The van der Waals surface area contributed by atoms with Crippen LogP contribution in [-0.4, -0.2) is 21.4 Å². The van der Waals surface area contributed by atoms with Crippen LogP contribution in [0.1, 0.15) is 35.3 Å². The predicted octanol–water partition coefficient (Wildman–Crippen LogP) is 5.41. The molecule has 0 spiro atoms. The normalized spacial score (nSPS) is 11.3. The van der Waals surface area contributed by atoms with Crippen molar-refractivity contribution in [2.24, 2.45) is 0 Å². The molecular weight excluding hydrogens is 408 g/mol. The summed E-state index contributed by atoms with van der Waals surface area (Å²) in [6.07, 6.45) is 1.52. The largest absolute Gasteiger partial charge is 0.491 e. The standard InChI is InChI=1S/C25H24N2O3S/c1-15(2)30-19-8-6-18(7-9-19)22(28)12-27-14-26-24-23(25(27)29)21(13-31-24)20-10-5-16(3)11-17(20)4/h5-11,13-15H,12H2,1-4H3. The van der Waals surface area contributed by atoms with Crippen molar-refractivity contribution in [3.05, 3.63) is 81.2 Å². The highest BCUT2D eigenvalue weighted by Gasteiger charge is 2.16. The molecule has 2 aromatic carbocycles. The van der Waals surface area contributed by atoms with Crippen LogP contribution in [0.3, 0.4) is 0 Å². The molecule has 0 fully saturated rings. The van der Waals surface area contributed by atoms with Gasteiger partial charge in [0.05, 0.1) is 24.4 Å². The number of ether oxygens (including phenoxy) is 1. The number of benzene rings is 2. The molecule has 4 rings (SSSR count). The lowest BCUT2D eigenvalue weighted by atomic mass is 9.99. The fourth-order valence-corrected chi connectivity index (χ4v) is 4.53. The van der Waals surface area contributed by atoms with Crippen LogP contribution in [0.4, 0.5) is 0 Å². The van der Waals surface area contributed by atoms with Crippen molar-refractivity contribution in [3.63, 3.8) is 0 Å². The molecule has 0 atom stereocenters. The van der Waals surface area contributed by atoms with Gasteiger partial charge in [-0.3, -0.25) is 14.2 Å². The number of nitrogens with zero attached hydrogens (tertiary/aromatic N) is 2. The summed E-state index contributed by atoms with van der Waals surface area (Å²) < 4.78 is 7.01. The van der Waals surface area contributed by atoms with Crippen LogP contribution in [0.5, 0.6) is 5.75 Å². The van der Waals surface area contributed by atoms with Crippen molar-refractivity contribution in [1.82, 2.24) is 9.55 Å². The van der Waals surface area contributed by atoms with Crippen molar-refractivity contribution < 1.29 is 9.53 Å². The molecule has 0 aliphatic rings. The van der Waals surface area contributed by atoms with Gasteiger partial charge < -0.3 is 4.74 Å². The van der Waals surface area contributed by atoms with Gasteiger partial charge in [-0.05, 0) is 63.1 Å². The zero-order valence-corrected chi connectivity index (χ0v) is 18.8. The minimum atomic E-state index is -0.200. The third-order valence-electron chi connectivity index (χ3n) is 5.09. The van der Waals surface area contributed by atoms with Crippen molar-refractivity contribution in [2.75, 3.05) is 0 Å². The highest BCUT2D eigenvalue weighted by Crippen LogP contribution is 2.33. The number of carbonyl (C=O) groups excluding carboxylic acids is 1. The molecule has 4 aromatic rings. The minimum absolute atomic E-state index is 0.0612. The van der Waals surface area contributed by atoms with Crippen molar-refractivity contribution >= 4 is 27.3 Å². The van der Waals surface area contributed by atoms with Crippen LogP contribution >= 0.6 is 11.3 Å². The lowest BCUT2D eigenvalue weighted by molar-refractivity contribution is 0.0970. The van der Waals surface area contributed by atoms with Crippen LogP contribution in [0.2, 0.25) is 0 Å². The zero-order valence-electron chi connectivity index (χ0n) is 18.0. The van der Waals surface area contributed by atoms with Crippen LogP contribution in [0.25, 0.3) is 21.3 Å². The van der Waals surface area contributed by atoms with Crippen molar-refractivity contribution in [1.29, 1.82) is 0 Å². The van der Waals surface area contributed by atoms with E-state index < -0.39 is 0 Å². The number of fused-ring (bicyclic) bond motifs is 1. The van der Waals surface area contributed by atoms with Crippen molar-refractivity contribution in [2.45, 2.75) is 40.3 Å². The molecule has 2 heterocycles.